The van der Waals surface area contributed by atoms with E-state index in [1.54, 1.807) is 12.1 Å². The zero-order valence-corrected chi connectivity index (χ0v) is 12.0. The van der Waals surface area contributed by atoms with Gasteiger partial charge in [-0.3, -0.25) is 4.79 Å². The van der Waals surface area contributed by atoms with E-state index >= 15 is 0 Å². The highest BCUT2D eigenvalue weighted by Crippen LogP contribution is 2.21. The van der Waals surface area contributed by atoms with Gasteiger partial charge in [0.1, 0.15) is 0 Å². The fourth-order valence-electron chi connectivity index (χ4n) is 2.29. The molecule has 5 heteroatoms. The number of carboxylic acid groups (broad SMARTS) is 1. The Labute approximate surface area is 123 Å². The summed E-state index contributed by atoms with van der Waals surface area (Å²) in [5.74, 6) is -0.954. The molecular formula is C16H19NO4. The summed E-state index contributed by atoms with van der Waals surface area (Å²) in [6, 6.07) is 5.43. The van der Waals surface area contributed by atoms with E-state index in [0.717, 1.165) is 35.7 Å². The van der Waals surface area contributed by atoms with Crippen LogP contribution in [0.25, 0.3) is 6.08 Å². The number of ether oxygens (including phenoxy) is 1. The molecule has 0 spiro atoms. The lowest BCUT2D eigenvalue weighted by Crippen LogP contribution is -2.28. The van der Waals surface area contributed by atoms with Crippen molar-refractivity contribution < 1.29 is 19.4 Å². The van der Waals surface area contributed by atoms with Gasteiger partial charge in [0.05, 0.1) is 0 Å². The van der Waals surface area contributed by atoms with Crippen molar-refractivity contribution in [1.29, 1.82) is 0 Å². The summed E-state index contributed by atoms with van der Waals surface area (Å²) < 4.78 is 5.25. The van der Waals surface area contributed by atoms with Crippen molar-refractivity contribution in [1.82, 2.24) is 0 Å². The molecule has 0 radical (unpaired) electrons. The standard InChI is InChI=1S/C16H19NO4/c1-11-10-12(3-5-15(18)19)2-4-14(11)17-16(20)13-6-8-21-9-7-13/h2-5,10,13H,6-9H2,1H3,(H,17,20)(H,18,19). The maximum atomic E-state index is 12.2. The molecule has 0 atom stereocenters. The molecule has 0 saturated carbocycles. The highest BCUT2D eigenvalue weighted by atomic mass is 16.5. The van der Waals surface area contributed by atoms with E-state index in [1.165, 1.54) is 6.08 Å². The van der Waals surface area contributed by atoms with Gasteiger partial charge in [0.25, 0.3) is 0 Å². The topological polar surface area (TPSA) is 75.6 Å². The smallest absolute Gasteiger partial charge is 0.328 e. The van der Waals surface area contributed by atoms with Crippen molar-refractivity contribution in [2.24, 2.45) is 5.92 Å². The Morgan fingerprint density at radius 2 is 2.05 bits per heavy atom. The molecule has 1 aromatic carbocycles. The van der Waals surface area contributed by atoms with Gasteiger partial charge in [0.2, 0.25) is 5.91 Å². The first kappa shape index (κ1) is 15.3. The fourth-order valence-corrected chi connectivity index (χ4v) is 2.29. The van der Waals surface area contributed by atoms with Crippen molar-refractivity contribution in [3.8, 4) is 0 Å². The van der Waals surface area contributed by atoms with Crippen molar-refractivity contribution in [3.05, 3.63) is 35.4 Å². The van der Waals surface area contributed by atoms with Crippen LogP contribution in [0.15, 0.2) is 24.3 Å². The van der Waals surface area contributed by atoms with Crippen LogP contribution in [0.2, 0.25) is 0 Å². The highest BCUT2D eigenvalue weighted by molar-refractivity contribution is 5.93. The molecule has 1 aromatic rings. The predicted octanol–water partition coefficient (Wildman–Crippen LogP) is 2.46. The van der Waals surface area contributed by atoms with Crippen molar-refractivity contribution in [2.45, 2.75) is 19.8 Å². The number of nitrogens with one attached hydrogen (secondary N) is 1. The lowest BCUT2D eigenvalue weighted by molar-refractivity contribution is -0.131. The van der Waals surface area contributed by atoms with Crippen LogP contribution < -0.4 is 5.32 Å². The van der Waals surface area contributed by atoms with Crippen LogP contribution in [0, 0.1) is 12.8 Å². The van der Waals surface area contributed by atoms with E-state index in [-0.39, 0.29) is 11.8 Å². The molecule has 0 aliphatic carbocycles. The van der Waals surface area contributed by atoms with Gasteiger partial charge in [-0.05, 0) is 49.1 Å². The summed E-state index contributed by atoms with van der Waals surface area (Å²) in [4.78, 5) is 22.7. The van der Waals surface area contributed by atoms with E-state index in [1.807, 2.05) is 13.0 Å². The summed E-state index contributed by atoms with van der Waals surface area (Å²) in [6.45, 7) is 3.16. The number of hydrogen-bond donors (Lipinski definition) is 2. The maximum Gasteiger partial charge on any atom is 0.328 e. The van der Waals surface area contributed by atoms with Gasteiger partial charge in [0.15, 0.2) is 0 Å². The van der Waals surface area contributed by atoms with E-state index < -0.39 is 5.97 Å². The Bertz CT molecular complexity index is 559. The van der Waals surface area contributed by atoms with Crippen LogP contribution in [0.4, 0.5) is 5.69 Å². The molecule has 112 valence electrons. The third kappa shape index (κ3) is 4.43. The minimum Gasteiger partial charge on any atom is -0.478 e. The summed E-state index contributed by atoms with van der Waals surface area (Å²) >= 11 is 0. The van der Waals surface area contributed by atoms with Gasteiger partial charge in [-0.2, -0.15) is 0 Å². The van der Waals surface area contributed by atoms with Crippen LogP contribution in [0.5, 0.6) is 0 Å². The SMILES string of the molecule is Cc1cc(C=CC(=O)O)ccc1NC(=O)C1CCOCC1. The summed E-state index contributed by atoms with van der Waals surface area (Å²) in [5.41, 5.74) is 2.46. The first-order valence-electron chi connectivity index (χ1n) is 6.96. The van der Waals surface area contributed by atoms with Gasteiger partial charge in [-0.1, -0.05) is 6.07 Å². The molecular weight excluding hydrogens is 270 g/mol. The number of carboxylic acids is 1. The molecule has 2 rings (SSSR count). The second-order valence-corrected chi connectivity index (χ2v) is 5.12. The molecule has 0 aromatic heterocycles. The highest BCUT2D eigenvalue weighted by Gasteiger charge is 2.21. The number of benzene rings is 1. The zero-order valence-electron chi connectivity index (χ0n) is 12.0. The van der Waals surface area contributed by atoms with E-state index in [4.69, 9.17) is 9.84 Å². The van der Waals surface area contributed by atoms with Crippen molar-refractivity contribution in [2.75, 3.05) is 18.5 Å². The number of hydrogen-bond acceptors (Lipinski definition) is 3. The third-order valence-corrected chi connectivity index (χ3v) is 3.52. The number of aryl methyl sites for hydroxylation is 1. The average molecular weight is 289 g/mol. The molecule has 1 fully saturated rings. The Kier molecular flexibility index (Phi) is 5.11. The van der Waals surface area contributed by atoms with Crippen LogP contribution in [0.1, 0.15) is 24.0 Å². The Morgan fingerprint density at radius 3 is 2.67 bits per heavy atom. The number of carbonyl (C=O) groups excluding carboxylic acids is 1. The lowest BCUT2D eigenvalue weighted by atomic mass is 9.99. The van der Waals surface area contributed by atoms with E-state index in [9.17, 15) is 9.59 Å². The van der Waals surface area contributed by atoms with Crippen LogP contribution in [-0.4, -0.2) is 30.2 Å². The Hall–Kier alpha value is -2.14. The van der Waals surface area contributed by atoms with Gasteiger partial charge in [-0.25, -0.2) is 4.79 Å². The van der Waals surface area contributed by atoms with Gasteiger partial charge < -0.3 is 15.2 Å². The average Bonchev–Trinajstić information content (AvgIpc) is 2.48. The van der Waals surface area contributed by atoms with Crippen molar-refractivity contribution in [3.63, 3.8) is 0 Å². The number of amides is 1. The molecule has 0 bridgehead atoms. The molecule has 1 amide bonds. The monoisotopic (exact) mass is 289 g/mol. The Balaban J connectivity index is 2.03. The third-order valence-electron chi connectivity index (χ3n) is 3.52. The van der Waals surface area contributed by atoms with E-state index in [2.05, 4.69) is 5.32 Å². The molecule has 1 saturated heterocycles. The predicted molar refractivity (Wildman–Crippen MR) is 80.0 cm³/mol. The first-order chi connectivity index (χ1) is 10.1. The summed E-state index contributed by atoms with van der Waals surface area (Å²) in [6.07, 6.45) is 4.13. The lowest BCUT2D eigenvalue weighted by Gasteiger charge is -2.21. The quantitative estimate of drug-likeness (QED) is 0.835. The van der Waals surface area contributed by atoms with Crippen LogP contribution >= 0.6 is 0 Å². The number of carbonyl (C=O) groups is 2. The molecule has 21 heavy (non-hydrogen) atoms. The summed E-state index contributed by atoms with van der Waals surface area (Å²) in [7, 11) is 0. The molecule has 1 aliphatic heterocycles. The molecule has 1 aliphatic rings. The minimum absolute atomic E-state index is 0.00438. The minimum atomic E-state index is -0.982. The summed E-state index contributed by atoms with van der Waals surface area (Å²) in [5, 5.41) is 11.5. The molecule has 2 N–H and O–H groups in total. The zero-order chi connectivity index (χ0) is 15.2. The second-order valence-electron chi connectivity index (χ2n) is 5.12. The molecule has 0 unspecified atom stereocenters. The van der Waals surface area contributed by atoms with Crippen LogP contribution in [-0.2, 0) is 14.3 Å². The number of rotatable bonds is 4. The second kappa shape index (κ2) is 7.04. The molecule has 5 nitrogen and oxygen atoms in total. The molecule has 1 heterocycles. The van der Waals surface area contributed by atoms with Crippen molar-refractivity contribution >= 4 is 23.6 Å². The number of anilines is 1. The van der Waals surface area contributed by atoms with Crippen LogP contribution in [0.3, 0.4) is 0 Å². The number of aliphatic carboxylic acids is 1. The van der Waals surface area contributed by atoms with Gasteiger partial charge in [0, 0.05) is 30.9 Å². The maximum absolute atomic E-state index is 12.2. The van der Waals surface area contributed by atoms with E-state index in [0.29, 0.717) is 13.2 Å². The largest absolute Gasteiger partial charge is 0.478 e. The normalized spacial score (nSPS) is 16.0. The Morgan fingerprint density at radius 1 is 1.33 bits per heavy atom. The van der Waals surface area contributed by atoms with Gasteiger partial charge in [-0.15, -0.1) is 0 Å². The van der Waals surface area contributed by atoms with Gasteiger partial charge >= 0.3 is 5.97 Å². The first-order valence-corrected chi connectivity index (χ1v) is 6.96. The fraction of sp³-hybridized carbons (Fsp3) is 0.375.